The van der Waals surface area contributed by atoms with Crippen LogP contribution in [0.15, 0.2) is 97.2 Å². The van der Waals surface area contributed by atoms with Crippen molar-refractivity contribution < 1.29 is 28.6 Å². The molecule has 6 nitrogen and oxygen atoms in total. The Morgan fingerprint density at radius 1 is 0.273 bits per heavy atom. The van der Waals surface area contributed by atoms with E-state index >= 15 is 0 Å². The van der Waals surface area contributed by atoms with Gasteiger partial charge in [-0.2, -0.15) is 0 Å². The topological polar surface area (TPSA) is 78.9 Å². The lowest BCUT2D eigenvalue weighted by Crippen LogP contribution is -2.30. The highest BCUT2D eigenvalue weighted by Crippen LogP contribution is 2.16. The maximum absolute atomic E-state index is 12.9. The first kappa shape index (κ1) is 73.3. The minimum absolute atomic E-state index is 0.0852. The van der Waals surface area contributed by atoms with Gasteiger partial charge in [-0.15, -0.1) is 0 Å². The number of carbonyl (C=O) groups excluding carboxylic acids is 3. The van der Waals surface area contributed by atoms with E-state index in [0.29, 0.717) is 19.3 Å². The van der Waals surface area contributed by atoms with Crippen molar-refractivity contribution in [3.8, 4) is 0 Å². The first-order valence-corrected chi connectivity index (χ1v) is 32.7. The third kappa shape index (κ3) is 63.0. The molecule has 77 heavy (non-hydrogen) atoms. The van der Waals surface area contributed by atoms with Gasteiger partial charge in [0.2, 0.25) is 0 Å². The molecule has 442 valence electrons. The summed E-state index contributed by atoms with van der Waals surface area (Å²) in [6.07, 6.45) is 86.9. The lowest BCUT2D eigenvalue weighted by Gasteiger charge is -2.18. The van der Waals surface area contributed by atoms with Crippen LogP contribution in [0.3, 0.4) is 0 Å². The van der Waals surface area contributed by atoms with Crippen molar-refractivity contribution in [3.05, 3.63) is 97.2 Å². The summed E-state index contributed by atoms with van der Waals surface area (Å²) in [5, 5.41) is 0. The third-order valence-electron chi connectivity index (χ3n) is 14.0. The van der Waals surface area contributed by atoms with Gasteiger partial charge in [-0.1, -0.05) is 272 Å². The first-order valence-electron chi connectivity index (χ1n) is 32.7. The Balaban J connectivity index is 4.37. The van der Waals surface area contributed by atoms with Gasteiger partial charge in [-0.25, -0.2) is 0 Å². The van der Waals surface area contributed by atoms with Crippen LogP contribution in [0.2, 0.25) is 0 Å². The molecule has 0 aliphatic heterocycles. The second-order valence-corrected chi connectivity index (χ2v) is 21.6. The van der Waals surface area contributed by atoms with E-state index in [1.165, 1.54) is 161 Å². The quantitative estimate of drug-likeness (QED) is 0.0261. The summed E-state index contributed by atoms with van der Waals surface area (Å²) in [6, 6.07) is 0. The van der Waals surface area contributed by atoms with Crippen LogP contribution in [-0.4, -0.2) is 37.2 Å². The highest BCUT2D eigenvalue weighted by Gasteiger charge is 2.19. The fourth-order valence-electron chi connectivity index (χ4n) is 9.14. The van der Waals surface area contributed by atoms with Crippen LogP contribution < -0.4 is 0 Å². The van der Waals surface area contributed by atoms with Crippen LogP contribution >= 0.6 is 0 Å². The number of carbonyl (C=O) groups is 3. The summed E-state index contributed by atoms with van der Waals surface area (Å²) in [5.41, 5.74) is 0. The van der Waals surface area contributed by atoms with Gasteiger partial charge < -0.3 is 14.2 Å². The van der Waals surface area contributed by atoms with E-state index in [1.54, 1.807) is 0 Å². The Bertz CT molecular complexity index is 1510. The molecule has 0 radical (unpaired) electrons. The second-order valence-electron chi connectivity index (χ2n) is 21.6. The molecule has 0 aliphatic carbocycles. The van der Waals surface area contributed by atoms with Gasteiger partial charge in [0.15, 0.2) is 6.10 Å². The van der Waals surface area contributed by atoms with E-state index < -0.39 is 6.10 Å². The minimum Gasteiger partial charge on any atom is -0.462 e. The molecule has 0 spiro atoms. The summed E-state index contributed by atoms with van der Waals surface area (Å²) < 4.78 is 16.9. The molecule has 0 N–H and O–H groups in total. The molecule has 0 saturated heterocycles. The standard InChI is InChI=1S/C71H122O6/c1-4-7-10-13-16-19-22-25-28-30-32-33-34-35-36-37-39-40-43-46-49-52-55-58-61-64-70(73)76-67-68(66-75-69(72)63-60-57-54-51-48-45-42-27-24-21-18-15-12-9-6-3)77-71(74)65-62-59-56-53-50-47-44-41-38-31-29-26-23-20-17-14-11-8-5-2/h7,10,16,18-19,21,25-29,32-33,35-36,42,68H,4-6,8-9,11-15,17,20,22-24,30-31,34,37-41,43-67H2,1-3H3/b10-7-,19-16-,21-18-,28-25-,29-26-,33-32-,36-35-,42-27-. The second kappa shape index (κ2) is 64.9. The van der Waals surface area contributed by atoms with Crippen molar-refractivity contribution in [2.45, 2.75) is 322 Å². The van der Waals surface area contributed by atoms with Crippen molar-refractivity contribution in [2.75, 3.05) is 13.2 Å². The average Bonchev–Trinajstić information content (AvgIpc) is 3.43. The number of rotatable bonds is 59. The molecule has 0 aliphatic rings. The number of allylic oxidation sites excluding steroid dienone is 16. The van der Waals surface area contributed by atoms with Crippen LogP contribution in [0.5, 0.6) is 0 Å². The van der Waals surface area contributed by atoms with Gasteiger partial charge >= 0.3 is 17.9 Å². The number of unbranched alkanes of at least 4 members (excludes halogenated alkanes) is 32. The van der Waals surface area contributed by atoms with E-state index in [4.69, 9.17) is 14.2 Å². The van der Waals surface area contributed by atoms with Crippen LogP contribution in [0.1, 0.15) is 316 Å². The fraction of sp³-hybridized carbons (Fsp3) is 0.732. The Hall–Kier alpha value is -3.67. The lowest BCUT2D eigenvalue weighted by molar-refractivity contribution is -0.167. The first-order chi connectivity index (χ1) is 38.0. The van der Waals surface area contributed by atoms with Gasteiger partial charge in [0, 0.05) is 19.3 Å². The summed E-state index contributed by atoms with van der Waals surface area (Å²) in [4.78, 5) is 38.4. The Labute approximate surface area is 477 Å². The van der Waals surface area contributed by atoms with Gasteiger partial charge in [-0.3, -0.25) is 14.4 Å². The Kier molecular flexibility index (Phi) is 61.8. The highest BCUT2D eigenvalue weighted by molar-refractivity contribution is 5.71. The minimum atomic E-state index is -0.789. The van der Waals surface area contributed by atoms with Crippen molar-refractivity contribution in [2.24, 2.45) is 0 Å². The summed E-state index contributed by atoms with van der Waals surface area (Å²) in [6.45, 7) is 6.51. The zero-order valence-corrected chi connectivity index (χ0v) is 50.7. The molecule has 0 aromatic rings. The number of ether oxygens (including phenoxy) is 3. The molecule has 0 aromatic carbocycles. The maximum Gasteiger partial charge on any atom is 0.306 e. The molecule has 0 saturated carbocycles. The van der Waals surface area contributed by atoms with Crippen LogP contribution in [0, 0.1) is 0 Å². The van der Waals surface area contributed by atoms with E-state index in [1.807, 2.05) is 0 Å². The maximum atomic E-state index is 12.9. The molecule has 0 fully saturated rings. The zero-order valence-electron chi connectivity index (χ0n) is 50.7. The molecular weight excluding hydrogens is 949 g/mol. The van der Waals surface area contributed by atoms with Crippen molar-refractivity contribution in [3.63, 3.8) is 0 Å². The van der Waals surface area contributed by atoms with Gasteiger partial charge in [0.1, 0.15) is 13.2 Å². The SMILES string of the molecule is CC/C=C\C/C=C\C/C=C\C/C=C\C/C=C\CCCCCCCCCCCC(=O)OCC(COC(=O)CCCCCCC/C=C\C/C=C\CCCCC)OC(=O)CCCCCCCCCCC/C=C\CCCCCCCC. The van der Waals surface area contributed by atoms with Gasteiger partial charge in [-0.05, 0) is 122 Å². The number of hydrogen-bond donors (Lipinski definition) is 0. The Morgan fingerprint density at radius 2 is 0.506 bits per heavy atom. The molecule has 0 heterocycles. The largest absolute Gasteiger partial charge is 0.462 e. The predicted molar refractivity (Wildman–Crippen MR) is 334 cm³/mol. The summed E-state index contributed by atoms with van der Waals surface area (Å²) in [5.74, 6) is -0.896. The monoisotopic (exact) mass is 1070 g/mol. The summed E-state index contributed by atoms with van der Waals surface area (Å²) in [7, 11) is 0. The predicted octanol–water partition coefficient (Wildman–Crippen LogP) is 22.4. The van der Waals surface area contributed by atoms with Gasteiger partial charge in [0.25, 0.3) is 0 Å². The van der Waals surface area contributed by atoms with E-state index in [-0.39, 0.29) is 31.1 Å². The fourth-order valence-corrected chi connectivity index (χ4v) is 9.14. The van der Waals surface area contributed by atoms with Crippen molar-refractivity contribution >= 4 is 17.9 Å². The highest BCUT2D eigenvalue weighted by atomic mass is 16.6. The molecule has 0 bridgehead atoms. The molecule has 0 rings (SSSR count). The smallest absolute Gasteiger partial charge is 0.306 e. The molecule has 6 heteroatoms. The van der Waals surface area contributed by atoms with Crippen LogP contribution in [-0.2, 0) is 28.6 Å². The normalized spacial score (nSPS) is 12.7. The van der Waals surface area contributed by atoms with E-state index in [2.05, 4.69) is 118 Å². The Morgan fingerprint density at radius 3 is 0.831 bits per heavy atom. The molecule has 0 amide bonds. The number of hydrogen-bond acceptors (Lipinski definition) is 6. The third-order valence-corrected chi connectivity index (χ3v) is 14.0. The molecular formula is C71H122O6. The van der Waals surface area contributed by atoms with E-state index in [0.717, 1.165) is 116 Å². The molecule has 1 atom stereocenters. The van der Waals surface area contributed by atoms with Gasteiger partial charge in [0.05, 0.1) is 0 Å². The van der Waals surface area contributed by atoms with Crippen molar-refractivity contribution in [1.82, 2.24) is 0 Å². The molecule has 1 unspecified atom stereocenters. The van der Waals surface area contributed by atoms with Crippen LogP contribution in [0.4, 0.5) is 0 Å². The van der Waals surface area contributed by atoms with Crippen LogP contribution in [0.25, 0.3) is 0 Å². The zero-order chi connectivity index (χ0) is 55.7. The average molecular weight is 1070 g/mol. The number of esters is 3. The summed E-state index contributed by atoms with van der Waals surface area (Å²) >= 11 is 0. The van der Waals surface area contributed by atoms with E-state index in [9.17, 15) is 14.4 Å². The van der Waals surface area contributed by atoms with Crippen molar-refractivity contribution in [1.29, 1.82) is 0 Å². The molecule has 0 aromatic heterocycles. The lowest BCUT2D eigenvalue weighted by atomic mass is 10.1.